The van der Waals surface area contributed by atoms with Gasteiger partial charge in [-0.05, 0) is 51.0 Å². The van der Waals surface area contributed by atoms with Gasteiger partial charge in [-0.25, -0.2) is 8.78 Å². The molecule has 4 N–H and O–H groups in total. The van der Waals surface area contributed by atoms with Crippen molar-refractivity contribution in [1.82, 2.24) is 10.6 Å². The van der Waals surface area contributed by atoms with Crippen LogP contribution in [0.15, 0.2) is 30.3 Å². The van der Waals surface area contributed by atoms with Crippen LogP contribution in [0, 0.1) is 29.2 Å². The van der Waals surface area contributed by atoms with E-state index >= 15 is 0 Å². The van der Waals surface area contributed by atoms with Crippen molar-refractivity contribution in [2.24, 2.45) is 5.92 Å². The monoisotopic (exact) mass is 613 g/mol. The molecule has 0 fully saturated rings. The van der Waals surface area contributed by atoms with Gasteiger partial charge in [0.05, 0.1) is 6.42 Å². The van der Waals surface area contributed by atoms with Crippen LogP contribution in [0.3, 0.4) is 0 Å². The van der Waals surface area contributed by atoms with E-state index in [1.165, 1.54) is 58.9 Å². The third-order valence-electron chi connectivity index (χ3n) is 5.49. The lowest BCUT2D eigenvalue weighted by molar-refractivity contribution is -0.156. The Labute approximate surface area is 243 Å². The number of ketones is 1. The van der Waals surface area contributed by atoms with Crippen LogP contribution in [0.5, 0.6) is 11.5 Å². The van der Waals surface area contributed by atoms with Crippen molar-refractivity contribution >= 4 is 35.2 Å². The highest BCUT2D eigenvalue weighted by Crippen LogP contribution is 2.26. The minimum Gasteiger partial charge on any atom is -0.508 e. The van der Waals surface area contributed by atoms with Crippen molar-refractivity contribution in [3.05, 3.63) is 53.6 Å². The minimum absolute atomic E-state index is 0.0593. The van der Waals surface area contributed by atoms with Crippen molar-refractivity contribution in [1.29, 1.82) is 0 Å². The summed E-state index contributed by atoms with van der Waals surface area (Å²) in [7, 11) is 0. The maximum Gasteiger partial charge on any atom is 0.313 e. The quantitative estimate of drug-likeness (QED) is 0.0990. The summed E-state index contributed by atoms with van der Waals surface area (Å²) in [6.07, 6.45) is -0.798. The molecule has 0 aliphatic rings. The molecule has 0 bridgehead atoms. The molecule has 0 saturated heterocycles. The maximum atomic E-state index is 14.0. The number of carbonyl (C=O) groups excluding carboxylic acids is 5. The van der Waals surface area contributed by atoms with Crippen LogP contribution in [0.1, 0.15) is 41.0 Å². The fourth-order valence-electron chi connectivity index (χ4n) is 3.45. The Morgan fingerprint density at radius 3 is 1.95 bits per heavy atom. The van der Waals surface area contributed by atoms with Gasteiger partial charge >= 0.3 is 17.8 Å². The van der Waals surface area contributed by atoms with E-state index in [1.807, 2.05) is 0 Å². The standard InChI is InChI=1S/C28H31F4N3O8/c1-13(2)23(35-27(41)26(40)33-14-6-8-15(36)9-7-14)25(39)34-18(11-20(38)43-28(3,4)5)19(37)12-42-24-21(31)16(29)10-17(30)22(24)32/h6-10,13,18,23,36H,11-12H2,1-5H3,(H,33,40)(H,34,39)(H,35,41)/t18?,23-/m0/s1. The smallest absolute Gasteiger partial charge is 0.313 e. The van der Waals surface area contributed by atoms with E-state index in [9.17, 15) is 46.6 Å². The first-order valence-corrected chi connectivity index (χ1v) is 12.8. The highest BCUT2D eigenvalue weighted by atomic mass is 19.2. The van der Waals surface area contributed by atoms with E-state index in [1.54, 1.807) is 0 Å². The molecular weight excluding hydrogens is 582 g/mol. The van der Waals surface area contributed by atoms with E-state index in [4.69, 9.17) is 4.74 Å². The number of anilines is 1. The third-order valence-corrected chi connectivity index (χ3v) is 5.49. The summed E-state index contributed by atoms with van der Waals surface area (Å²) >= 11 is 0. The van der Waals surface area contributed by atoms with Gasteiger partial charge < -0.3 is 30.5 Å². The topological polar surface area (TPSA) is 160 Å². The molecule has 0 heterocycles. The Hall–Kier alpha value is -4.69. The lowest BCUT2D eigenvalue weighted by atomic mass is 10.0. The molecule has 0 radical (unpaired) electrons. The molecule has 15 heteroatoms. The first kappa shape index (κ1) is 34.5. The van der Waals surface area contributed by atoms with Gasteiger partial charge in [-0.15, -0.1) is 0 Å². The number of esters is 1. The van der Waals surface area contributed by atoms with Gasteiger partial charge in [0, 0.05) is 11.8 Å². The number of benzene rings is 2. The van der Waals surface area contributed by atoms with Crippen LogP contribution in [-0.2, 0) is 28.7 Å². The van der Waals surface area contributed by atoms with Crippen LogP contribution in [0.4, 0.5) is 23.2 Å². The predicted molar refractivity (Wildman–Crippen MR) is 143 cm³/mol. The number of hydrogen-bond acceptors (Lipinski definition) is 8. The lowest BCUT2D eigenvalue weighted by Gasteiger charge is -2.26. The first-order valence-electron chi connectivity index (χ1n) is 12.8. The normalized spacial score (nSPS) is 12.6. The number of phenolic OH excluding ortho intramolecular Hbond substituents is 1. The van der Waals surface area contributed by atoms with E-state index in [0.717, 1.165) is 0 Å². The Kier molecular flexibility index (Phi) is 11.6. The van der Waals surface area contributed by atoms with Crippen molar-refractivity contribution in [3.63, 3.8) is 0 Å². The minimum atomic E-state index is -1.91. The predicted octanol–water partition coefficient (Wildman–Crippen LogP) is 2.89. The van der Waals surface area contributed by atoms with Gasteiger partial charge in [0.1, 0.15) is 30.0 Å². The zero-order chi connectivity index (χ0) is 32.6. The summed E-state index contributed by atoms with van der Waals surface area (Å²) < 4.78 is 64.9. The van der Waals surface area contributed by atoms with Crippen LogP contribution >= 0.6 is 0 Å². The summed E-state index contributed by atoms with van der Waals surface area (Å²) in [5, 5.41) is 16.0. The lowest BCUT2D eigenvalue weighted by Crippen LogP contribution is -2.56. The van der Waals surface area contributed by atoms with Crippen molar-refractivity contribution in [2.45, 2.75) is 58.7 Å². The number of carbonyl (C=O) groups is 5. The van der Waals surface area contributed by atoms with E-state index in [-0.39, 0.29) is 17.5 Å². The number of nitrogens with one attached hydrogen (secondary N) is 3. The van der Waals surface area contributed by atoms with Crippen molar-refractivity contribution in [3.8, 4) is 11.5 Å². The third kappa shape index (κ3) is 10.3. The molecule has 1 unspecified atom stereocenters. The number of hydrogen-bond donors (Lipinski definition) is 4. The van der Waals surface area contributed by atoms with Crippen LogP contribution in [-0.4, -0.2) is 58.9 Å². The number of ether oxygens (including phenoxy) is 2. The van der Waals surface area contributed by atoms with Crippen LogP contribution < -0.4 is 20.7 Å². The molecule has 43 heavy (non-hydrogen) atoms. The second-order valence-electron chi connectivity index (χ2n) is 10.6. The Balaban J connectivity index is 2.22. The second-order valence-corrected chi connectivity index (χ2v) is 10.6. The maximum absolute atomic E-state index is 14.0. The molecular formula is C28H31F4N3O8. The molecule has 0 aromatic heterocycles. The molecule has 0 aliphatic carbocycles. The van der Waals surface area contributed by atoms with Crippen molar-refractivity contribution in [2.75, 3.05) is 11.9 Å². The van der Waals surface area contributed by atoms with Gasteiger partial charge in [0.25, 0.3) is 0 Å². The SMILES string of the molecule is CC(C)[C@H](NC(=O)C(=O)Nc1ccc(O)cc1)C(=O)NC(CC(=O)OC(C)(C)C)C(=O)COc1c(F)c(F)cc(F)c1F. The molecule has 0 aliphatic heterocycles. The number of rotatable bonds is 11. The fraction of sp³-hybridized carbons (Fsp3) is 0.393. The molecule has 11 nitrogen and oxygen atoms in total. The summed E-state index contributed by atoms with van der Waals surface area (Å²) in [5.41, 5.74) is -0.840. The van der Waals surface area contributed by atoms with Crippen LogP contribution in [0.2, 0.25) is 0 Å². The largest absolute Gasteiger partial charge is 0.508 e. The van der Waals surface area contributed by atoms with E-state index in [2.05, 4.69) is 20.7 Å². The van der Waals surface area contributed by atoms with Gasteiger partial charge in [-0.1, -0.05) is 13.8 Å². The molecule has 2 aromatic rings. The fourth-order valence-corrected chi connectivity index (χ4v) is 3.45. The number of amides is 3. The molecule has 2 rings (SSSR count). The Bertz CT molecular complexity index is 1350. The van der Waals surface area contributed by atoms with E-state index in [0.29, 0.717) is 0 Å². The summed E-state index contributed by atoms with van der Waals surface area (Å²) in [6, 6.07) is 1.91. The molecule has 0 spiro atoms. The van der Waals surface area contributed by atoms with Gasteiger partial charge in [0.15, 0.2) is 23.2 Å². The summed E-state index contributed by atoms with van der Waals surface area (Å²) in [5.74, 6) is -15.2. The Morgan fingerprint density at radius 1 is 0.884 bits per heavy atom. The molecule has 0 saturated carbocycles. The number of aromatic hydroxyl groups is 1. The van der Waals surface area contributed by atoms with Gasteiger partial charge in [-0.2, -0.15) is 8.78 Å². The zero-order valence-corrected chi connectivity index (χ0v) is 23.8. The van der Waals surface area contributed by atoms with Gasteiger partial charge in [-0.3, -0.25) is 24.0 Å². The summed E-state index contributed by atoms with van der Waals surface area (Å²) in [4.78, 5) is 63.4. The number of halogens is 4. The number of Topliss-reactive ketones (excluding diaryl/α,β-unsaturated/α-hetero) is 1. The molecule has 234 valence electrons. The first-order chi connectivity index (χ1) is 19.9. The average molecular weight is 614 g/mol. The average Bonchev–Trinajstić information content (AvgIpc) is 2.89. The molecule has 3 amide bonds. The zero-order valence-electron chi connectivity index (χ0n) is 23.8. The van der Waals surface area contributed by atoms with Crippen LogP contribution in [0.25, 0.3) is 0 Å². The molecule has 2 aromatic carbocycles. The summed E-state index contributed by atoms with van der Waals surface area (Å²) in [6.45, 7) is 6.35. The Morgan fingerprint density at radius 2 is 1.44 bits per heavy atom. The van der Waals surface area contributed by atoms with Gasteiger partial charge in [0.2, 0.25) is 17.5 Å². The second kappa shape index (κ2) is 14.5. The van der Waals surface area contributed by atoms with Crippen molar-refractivity contribution < 1.29 is 56.1 Å². The van der Waals surface area contributed by atoms with E-state index < -0.39 is 95.1 Å². The highest BCUT2D eigenvalue weighted by Gasteiger charge is 2.33. The highest BCUT2D eigenvalue weighted by molar-refractivity contribution is 6.40. The molecule has 2 atom stereocenters. The number of phenols is 1.